The molecule has 0 aromatic carbocycles. The molecule has 1 N–H and O–H groups in total. The maximum Gasteiger partial charge on any atom is 0.313 e. The molecule has 23 heavy (non-hydrogen) atoms. The number of hydrogen-bond acceptors (Lipinski definition) is 5. The lowest BCUT2D eigenvalue weighted by Gasteiger charge is -2.24. The molecule has 5 heteroatoms. The molecule has 0 fully saturated rings. The van der Waals surface area contributed by atoms with Crippen molar-refractivity contribution in [2.75, 3.05) is 7.11 Å². The summed E-state index contributed by atoms with van der Waals surface area (Å²) in [5, 5.41) is 9.99. The maximum absolute atomic E-state index is 11.7. The molecule has 0 bridgehead atoms. The molecule has 0 aliphatic carbocycles. The average Bonchev–Trinajstić information content (AvgIpc) is 2.36. The highest BCUT2D eigenvalue weighted by molar-refractivity contribution is 5.95. The van der Waals surface area contributed by atoms with Gasteiger partial charge < -0.3 is 14.6 Å². The Hall–Kier alpha value is -0.940. The zero-order valence-electron chi connectivity index (χ0n) is 15.6. The van der Waals surface area contributed by atoms with Gasteiger partial charge >= 0.3 is 5.97 Å². The fourth-order valence-electron chi connectivity index (χ4n) is 2.44. The first-order chi connectivity index (χ1) is 10.6. The first kappa shape index (κ1) is 22.1. The van der Waals surface area contributed by atoms with Gasteiger partial charge in [-0.25, -0.2) is 0 Å². The van der Waals surface area contributed by atoms with Crippen LogP contribution >= 0.6 is 0 Å². The van der Waals surface area contributed by atoms with Gasteiger partial charge in [-0.05, 0) is 46.5 Å². The summed E-state index contributed by atoms with van der Waals surface area (Å²) in [6.45, 7) is 9.66. The summed E-state index contributed by atoms with van der Waals surface area (Å²) in [4.78, 5) is 23.1. The van der Waals surface area contributed by atoms with Crippen molar-refractivity contribution in [1.82, 2.24) is 0 Å². The van der Waals surface area contributed by atoms with Crippen molar-refractivity contribution in [1.29, 1.82) is 0 Å². The summed E-state index contributed by atoms with van der Waals surface area (Å²) in [6.07, 6.45) is 2.36. The molecule has 0 amide bonds. The monoisotopic (exact) mass is 330 g/mol. The van der Waals surface area contributed by atoms with E-state index in [0.29, 0.717) is 12.3 Å². The molecule has 0 radical (unpaired) electrons. The Morgan fingerprint density at radius 3 is 2.30 bits per heavy atom. The van der Waals surface area contributed by atoms with Crippen LogP contribution in [0.3, 0.4) is 0 Å². The molecule has 0 saturated carbocycles. The Morgan fingerprint density at radius 1 is 1.17 bits per heavy atom. The maximum atomic E-state index is 11.7. The van der Waals surface area contributed by atoms with Gasteiger partial charge in [0.25, 0.3) is 0 Å². The van der Waals surface area contributed by atoms with E-state index >= 15 is 0 Å². The Balaban J connectivity index is 3.97. The van der Waals surface area contributed by atoms with Crippen LogP contribution in [-0.4, -0.2) is 41.8 Å². The van der Waals surface area contributed by atoms with E-state index in [-0.39, 0.29) is 30.3 Å². The zero-order valence-corrected chi connectivity index (χ0v) is 15.6. The molecule has 0 heterocycles. The van der Waals surface area contributed by atoms with Crippen LogP contribution in [-0.2, 0) is 19.1 Å². The molecule has 0 rings (SSSR count). The number of aliphatic hydroxyl groups is 1. The molecule has 136 valence electrons. The topological polar surface area (TPSA) is 72.8 Å². The number of hydrogen-bond donors (Lipinski definition) is 1. The first-order valence-corrected chi connectivity index (χ1v) is 8.50. The van der Waals surface area contributed by atoms with Gasteiger partial charge in [0.2, 0.25) is 0 Å². The molecular formula is C18H34O5. The van der Waals surface area contributed by atoms with Crippen LogP contribution in [0.4, 0.5) is 0 Å². The standard InChI is InChI=1S/C18H34O5/c1-13(2)23-17(21)12-16(20)11-15(19)10-14(3)8-7-9-18(4,5)22-6/h13-15,19H,7-12H2,1-6H3. The largest absolute Gasteiger partial charge is 0.463 e. The molecular weight excluding hydrogens is 296 g/mol. The van der Waals surface area contributed by atoms with Crippen molar-refractivity contribution in [3.63, 3.8) is 0 Å². The van der Waals surface area contributed by atoms with Gasteiger partial charge in [-0.3, -0.25) is 9.59 Å². The van der Waals surface area contributed by atoms with Crippen molar-refractivity contribution < 1.29 is 24.2 Å². The molecule has 0 spiro atoms. The van der Waals surface area contributed by atoms with Crippen molar-refractivity contribution in [2.24, 2.45) is 5.92 Å². The number of aliphatic hydroxyl groups excluding tert-OH is 1. The van der Waals surface area contributed by atoms with E-state index in [1.807, 2.05) is 0 Å². The smallest absolute Gasteiger partial charge is 0.313 e. The highest BCUT2D eigenvalue weighted by Gasteiger charge is 2.19. The predicted octanol–water partition coefficient (Wildman–Crippen LogP) is 3.27. The van der Waals surface area contributed by atoms with Crippen LogP contribution < -0.4 is 0 Å². The Morgan fingerprint density at radius 2 is 1.78 bits per heavy atom. The first-order valence-electron chi connectivity index (χ1n) is 8.50. The molecule has 0 aliphatic heterocycles. The lowest BCUT2D eigenvalue weighted by Crippen LogP contribution is -2.23. The van der Waals surface area contributed by atoms with Crippen LogP contribution in [0, 0.1) is 5.92 Å². The van der Waals surface area contributed by atoms with E-state index in [9.17, 15) is 14.7 Å². The van der Waals surface area contributed by atoms with Crippen LogP contribution in [0.25, 0.3) is 0 Å². The zero-order chi connectivity index (χ0) is 18.0. The van der Waals surface area contributed by atoms with Crippen LogP contribution in [0.2, 0.25) is 0 Å². The summed E-state index contributed by atoms with van der Waals surface area (Å²) in [7, 11) is 1.71. The quantitative estimate of drug-likeness (QED) is 0.439. The number of methoxy groups -OCH3 is 1. The summed E-state index contributed by atoms with van der Waals surface area (Å²) in [5.41, 5.74) is -0.120. The van der Waals surface area contributed by atoms with Crippen molar-refractivity contribution in [2.45, 2.75) is 91.0 Å². The number of ether oxygens (including phenoxy) is 2. The number of Topliss-reactive ketones (excluding diaryl/α,β-unsaturated/α-hetero) is 1. The number of carbonyl (C=O) groups excluding carboxylic acids is 2. The number of rotatable bonds is 12. The Labute approximate surface area is 140 Å². The van der Waals surface area contributed by atoms with E-state index in [2.05, 4.69) is 20.8 Å². The minimum atomic E-state index is -0.695. The van der Waals surface area contributed by atoms with Crippen LogP contribution in [0.15, 0.2) is 0 Å². The van der Waals surface area contributed by atoms with Gasteiger partial charge in [0, 0.05) is 13.5 Å². The fourth-order valence-corrected chi connectivity index (χ4v) is 2.44. The lowest BCUT2D eigenvalue weighted by molar-refractivity contribution is -0.149. The summed E-state index contributed by atoms with van der Waals surface area (Å²) in [5.74, 6) is -0.462. The molecule has 0 aromatic rings. The third kappa shape index (κ3) is 12.2. The van der Waals surface area contributed by atoms with Crippen molar-refractivity contribution in [3.05, 3.63) is 0 Å². The summed E-state index contributed by atoms with van der Waals surface area (Å²) in [6, 6.07) is 0. The Bertz CT molecular complexity index is 362. The van der Waals surface area contributed by atoms with Gasteiger partial charge in [-0.2, -0.15) is 0 Å². The highest BCUT2D eigenvalue weighted by atomic mass is 16.5. The minimum absolute atomic E-state index is 0.0150. The van der Waals surface area contributed by atoms with E-state index < -0.39 is 12.1 Å². The molecule has 0 saturated heterocycles. The molecule has 2 unspecified atom stereocenters. The second-order valence-electron chi connectivity index (χ2n) is 7.31. The van der Waals surface area contributed by atoms with E-state index in [1.165, 1.54) is 0 Å². The van der Waals surface area contributed by atoms with Gasteiger partial charge in [-0.1, -0.05) is 19.8 Å². The van der Waals surface area contributed by atoms with Crippen molar-refractivity contribution in [3.8, 4) is 0 Å². The second-order valence-corrected chi connectivity index (χ2v) is 7.31. The molecule has 0 aliphatic rings. The highest BCUT2D eigenvalue weighted by Crippen LogP contribution is 2.21. The molecule has 0 aromatic heterocycles. The van der Waals surface area contributed by atoms with Gasteiger partial charge in [0.15, 0.2) is 0 Å². The number of carbonyl (C=O) groups is 2. The van der Waals surface area contributed by atoms with E-state index in [4.69, 9.17) is 9.47 Å². The lowest BCUT2D eigenvalue weighted by atomic mass is 9.92. The SMILES string of the molecule is COC(C)(C)CCCC(C)CC(O)CC(=O)CC(=O)OC(C)C. The van der Waals surface area contributed by atoms with E-state index in [0.717, 1.165) is 19.3 Å². The minimum Gasteiger partial charge on any atom is -0.463 e. The predicted molar refractivity (Wildman–Crippen MR) is 90.2 cm³/mol. The van der Waals surface area contributed by atoms with Crippen molar-refractivity contribution >= 4 is 11.8 Å². The van der Waals surface area contributed by atoms with Gasteiger partial charge in [-0.15, -0.1) is 0 Å². The number of esters is 1. The average molecular weight is 330 g/mol. The third-order valence-electron chi connectivity index (χ3n) is 3.87. The van der Waals surface area contributed by atoms with Gasteiger partial charge in [0.1, 0.15) is 12.2 Å². The van der Waals surface area contributed by atoms with E-state index in [1.54, 1.807) is 21.0 Å². The summed E-state index contributed by atoms with van der Waals surface area (Å²) >= 11 is 0. The van der Waals surface area contributed by atoms with Crippen LogP contribution in [0.1, 0.15) is 73.1 Å². The second kappa shape index (κ2) is 10.8. The number of ketones is 1. The fraction of sp³-hybridized carbons (Fsp3) is 0.889. The third-order valence-corrected chi connectivity index (χ3v) is 3.87. The van der Waals surface area contributed by atoms with Gasteiger partial charge in [0.05, 0.1) is 17.8 Å². The van der Waals surface area contributed by atoms with Crippen LogP contribution in [0.5, 0.6) is 0 Å². The summed E-state index contributed by atoms with van der Waals surface area (Å²) < 4.78 is 10.3. The molecule has 2 atom stereocenters. The normalized spacial score (nSPS) is 14.6. The Kier molecular flexibility index (Phi) is 10.3. The molecule has 5 nitrogen and oxygen atoms in total.